The number of aromatic nitrogens is 5. The molecule has 0 radical (unpaired) electrons. The van der Waals surface area contributed by atoms with Gasteiger partial charge in [-0.3, -0.25) is 5.10 Å². The second kappa shape index (κ2) is 4.59. The first-order chi connectivity index (χ1) is 9.88. The van der Waals surface area contributed by atoms with Gasteiger partial charge >= 0.3 is 0 Å². The number of H-pyrrole nitrogens is 1. The molecule has 1 aliphatic carbocycles. The molecule has 0 saturated heterocycles. The third-order valence-electron chi connectivity index (χ3n) is 3.83. The Labute approximate surface area is 116 Å². The molecule has 0 spiro atoms. The first-order valence-corrected chi connectivity index (χ1v) is 6.88. The second-order valence-electron chi connectivity index (χ2n) is 5.24. The van der Waals surface area contributed by atoms with Crippen molar-refractivity contribution in [3.05, 3.63) is 53.5 Å². The van der Waals surface area contributed by atoms with Crippen molar-refractivity contribution in [3.8, 4) is 11.3 Å². The van der Waals surface area contributed by atoms with E-state index in [0.717, 1.165) is 16.8 Å². The van der Waals surface area contributed by atoms with Gasteiger partial charge in [0.1, 0.15) is 5.69 Å². The molecule has 4 rings (SSSR count). The lowest BCUT2D eigenvalue weighted by atomic mass is 10.0. The van der Waals surface area contributed by atoms with Gasteiger partial charge in [0.25, 0.3) is 0 Å². The minimum absolute atomic E-state index is 0.689. The average Bonchev–Trinajstić information content (AvgIpc) is 3.19. The molecule has 100 valence electrons. The summed E-state index contributed by atoms with van der Waals surface area (Å²) in [6.45, 7) is 0.689. The number of aromatic amines is 1. The number of hydrogen-bond donors (Lipinski definition) is 1. The number of rotatable bonds is 3. The lowest BCUT2D eigenvalue weighted by Gasteiger charge is -2.01. The van der Waals surface area contributed by atoms with E-state index in [-0.39, 0.29) is 0 Å². The quantitative estimate of drug-likeness (QED) is 0.789. The van der Waals surface area contributed by atoms with Gasteiger partial charge < -0.3 is 0 Å². The van der Waals surface area contributed by atoms with E-state index in [9.17, 15) is 0 Å². The van der Waals surface area contributed by atoms with Gasteiger partial charge in [0, 0.05) is 17.3 Å². The Kier molecular flexibility index (Phi) is 2.62. The van der Waals surface area contributed by atoms with E-state index < -0.39 is 0 Å². The molecule has 0 fully saturated rings. The fourth-order valence-electron chi connectivity index (χ4n) is 2.79. The van der Waals surface area contributed by atoms with Crippen molar-refractivity contribution in [2.45, 2.75) is 25.8 Å². The molecule has 0 saturated carbocycles. The molecule has 1 N–H and O–H groups in total. The topological polar surface area (TPSA) is 59.4 Å². The van der Waals surface area contributed by atoms with E-state index in [1.54, 1.807) is 6.20 Å². The van der Waals surface area contributed by atoms with Crippen molar-refractivity contribution in [1.82, 2.24) is 25.2 Å². The Hall–Kier alpha value is -2.43. The van der Waals surface area contributed by atoms with Crippen LogP contribution in [0.1, 0.15) is 23.1 Å². The smallest absolute Gasteiger partial charge is 0.113 e. The number of aryl methyl sites for hydroxylation is 2. The lowest BCUT2D eigenvalue weighted by Crippen LogP contribution is -1.98. The van der Waals surface area contributed by atoms with E-state index in [0.29, 0.717) is 6.54 Å². The van der Waals surface area contributed by atoms with Crippen molar-refractivity contribution < 1.29 is 0 Å². The zero-order valence-corrected chi connectivity index (χ0v) is 11.1. The largest absolute Gasteiger partial charge is 0.285 e. The summed E-state index contributed by atoms with van der Waals surface area (Å²) in [5.74, 6) is 0. The Morgan fingerprint density at radius 3 is 3.05 bits per heavy atom. The third kappa shape index (κ3) is 2.01. The van der Waals surface area contributed by atoms with Crippen LogP contribution in [0.3, 0.4) is 0 Å². The molecule has 0 bridgehead atoms. The van der Waals surface area contributed by atoms with E-state index in [1.807, 2.05) is 17.1 Å². The first kappa shape index (κ1) is 11.4. The maximum absolute atomic E-state index is 4.27. The molecule has 0 unspecified atom stereocenters. The van der Waals surface area contributed by atoms with Gasteiger partial charge in [-0.2, -0.15) is 5.10 Å². The minimum atomic E-state index is 0.689. The Balaban J connectivity index is 1.61. The summed E-state index contributed by atoms with van der Waals surface area (Å²) < 4.78 is 1.84. The van der Waals surface area contributed by atoms with Gasteiger partial charge in [0.2, 0.25) is 0 Å². The summed E-state index contributed by atoms with van der Waals surface area (Å²) in [6, 6.07) is 6.64. The SMILES string of the molecule is c1n[nH]cc1Cn1cc(-c2ccc3c(c2)CCC3)nn1. The summed E-state index contributed by atoms with van der Waals surface area (Å²) in [5, 5.41) is 15.2. The molecule has 5 heteroatoms. The molecule has 0 aliphatic heterocycles. The van der Waals surface area contributed by atoms with E-state index >= 15 is 0 Å². The third-order valence-corrected chi connectivity index (χ3v) is 3.83. The fraction of sp³-hybridized carbons (Fsp3) is 0.267. The molecule has 20 heavy (non-hydrogen) atoms. The molecular weight excluding hydrogens is 250 g/mol. The molecule has 3 aromatic rings. The maximum Gasteiger partial charge on any atom is 0.113 e. The molecule has 1 aromatic carbocycles. The molecule has 5 nitrogen and oxygen atoms in total. The van der Waals surface area contributed by atoms with Crippen molar-refractivity contribution in [2.24, 2.45) is 0 Å². The van der Waals surface area contributed by atoms with Gasteiger partial charge in [0.15, 0.2) is 0 Å². The predicted octanol–water partition coefficient (Wildman–Crippen LogP) is 2.21. The zero-order valence-electron chi connectivity index (χ0n) is 11.1. The summed E-state index contributed by atoms with van der Waals surface area (Å²) in [5.41, 5.74) is 6.13. The first-order valence-electron chi connectivity index (χ1n) is 6.88. The van der Waals surface area contributed by atoms with Gasteiger partial charge in [-0.25, -0.2) is 4.68 Å². The highest BCUT2D eigenvalue weighted by molar-refractivity contribution is 5.60. The van der Waals surface area contributed by atoms with Gasteiger partial charge in [-0.1, -0.05) is 17.3 Å². The van der Waals surface area contributed by atoms with Crippen molar-refractivity contribution >= 4 is 0 Å². The minimum Gasteiger partial charge on any atom is -0.285 e. The Morgan fingerprint density at radius 2 is 2.15 bits per heavy atom. The van der Waals surface area contributed by atoms with Crippen LogP contribution >= 0.6 is 0 Å². The summed E-state index contributed by atoms with van der Waals surface area (Å²) in [7, 11) is 0. The molecule has 2 aromatic heterocycles. The van der Waals surface area contributed by atoms with E-state index in [1.165, 1.54) is 30.4 Å². The van der Waals surface area contributed by atoms with Crippen LogP contribution in [0.4, 0.5) is 0 Å². The van der Waals surface area contributed by atoms with Crippen LogP contribution in [0.15, 0.2) is 36.8 Å². The highest BCUT2D eigenvalue weighted by atomic mass is 15.4. The van der Waals surface area contributed by atoms with Crippen LogP contribution in [0, 0.1) is 0 Å². The standard InChI is InChI=1S/C15H15N5/c1-2-12-4-5-14(6-13(12)3-1)15-10-20(19-18-15)9-11-7-16-17-8-11/h4-8,10H,1-3,9H2,(H,16,17). The van der Waals surface area contributed by atoms with Crippen molar-refractivity contribution in [2.75, 3.05) is 0 Å². The Bertz CT molecular complexity index is 727. The molecule has 1 aliphatic rings. The van der Waals surface area contributed by atoms with Gasteiger partial charge in [-0.15, -0.1) is 5.10 Å². The van der Waals surface area contributed by atoms with Crippen molar-refractivity contribution in [1.29, 1.82) is 0 Å². The second-order valence-corrected chi connectivity index (χ2v) is 5.24. The van der Waals surface area contributed by atoms with Gasteiger partial charge in [-0.05, 0) is 36.5 Å². The molecule has 0 atom stereocenters. The number of nitrogens with one attached hydrogen (secondary N) is 1. The van der Waals surface area contributed by atoms with Crippen LogP contribution in [0.25, 0.3) is 11.3 Å². The zero-order chi connectivity index (χ0) is 13.4. The number of hydrogen-bond acceptors (Lipinski definition) is 3. The predicted molar refractivity (Wildman–Crippen MR) is 75.2 cm³/mol. The monoisotopic (exact) mass is 265 g/mol. The molecular formula is C15H15N5. The Morgan fingerprint density at radius 1 is 1.20 bits per heavy atom. The van der Waals surface area contributed by atoms with E-state index in [2.05, 4.69) is 38.7 Å². The number of nitrogens with zero attached hydrogens (tertiary/aromatic N) is 4. The van der Waals surface area contributed by atoms with Crippen LogP contribution in [0.2, 0.25) is 0 Å². The summed E-state index contributed by atoms with van der Waals surface area (Å²) >= 11 is 0. The van der Waals surface area contributed by atoms with Crippen LogP contribution in [-0.4, -0.2) is 25.2 Å². The number of benzene rings is 1. The maximum atomic E-state index is 4.27. The fourth-order valence-corrected chi connectivity index (χ4v) is 2.79. The van der Waals surface area contributed by atoms with Gasteiger partial charge in [0.05, 0.1) is 18.9 Å². The average molecular weight is 265 g/mol. The molecule has 2 heterocycles. The summed E-state index contributed by atoms with van der Waals surface area (Å²) in [6.07, 6.45) is 9.33. The normalized spacial score (nSPS) is 13.6. The highest BCUT2D eigenvalue weighted by Gasteiger charge is 2.12. The van der Waals surface area contributed by atoms with Crippen LogP contribution in [-0.2, 0) is 19.4 Å². The molecule has 0 amide bonds. The summed E-state index contributed by atoms with van der Waals surface area (Å²) in [4.78, 5) is 0. The van der Waals surface area contributed by atoms with E-state index in [4.69, 9.17) is 0 Å². The lowest BCUT2D eigenvalue weighted by molar-refractivity contribution is 0.650. The van der Waals surface area contributed by atoms with Crippen molar-refractivity contribution in [3.63, 3.8) is 0 Å². The number of fused-ring (bicyclic) bond motifs is 1. The van der Waals surface area contributed by atoms with Crippen LogP contribution < -0.4 is 0 Å². The highest BCUT2D eigenvalue weighted by Crippen LogP contribution is 2.26. The van der Waals surface area contributed by atoms with Crippen LogP contribution in [0.5, 0.6) is 0 Å².